The Hall–Kier alpha value is -2.39. The maximum absolute atomic E-state index is 12.3. The van der Waals surface area contributed by atoms with Crippen LogP contribution in [0, 0.1) is 20.2 Å². The molecule has 0 amide bonds. The van der Waals surface area contributed by atoms with Crippen molar-refractivity contribution in [2.75, 3.05) is 5.12 Å². The van der Waals surface area contributed by atoms with E-state index in [4.69, 9.17) is 0 Å². The van der Waals surface area contributed by atoms with E-state index in [2.05, 4.69) is 0 Å². The van der Waals surface area contributed by atoms with Gasteiger partial charge >= 0.3 is 6.18 Å². The first-order valence-corrected chi connectivity index (χ1v) is 3.99. The molecule has 0 saturated carbocycles. The van der Waals surface area contributed by atoms with Crippen LogP contribution in [0.4, 0.5) is 18.9 Å². The van der Waals surface area contributed by atoms with E-state index in [1.54, 1.807) is 0 Å². The Morgan fingerprint density at radius 1 is 1.12 bits per heavy atom. The molecule has 0 fully saturated rings. The van der Waals surface area contributed by atoms with E-state index in [0.717, 1.165) is 12.1 Å². The van der Waals surface area contributed by atoms with Gasteiger partial charge in [0.1, 0.15) is 0 Å². The van der Waals surface area contributed by atoms with Crippen LogP contribution >= 0.6 is 0 Å². The van der Waals surface area contributed by atoms with Crippen LogP contribution in [0.25, 0.3) is 0 Å². The summed E-state index contributed by atoms with van der Waals surface area (Å²) in [6.45, 7) is 0. The van der Waals surface area contributed by atoms with Crippen molar-refractivity contribution in [1.82, 2.24) is 0 Å². The first kappa shape index (κ1) is 12.7. The third kappa shape index (κ3) is 2.80. The standard InChI is InChI=1S/C7H4F3N3O4/c8-7(9,10)5-2-1-3-6(4-5)11(12(14)15)13(16)17/h1-4H. The summed E-state index contributed by atoms with van der Waals surface area (Å²) in [7, 11) is 0. The fourth-order valence-electron chi connectivity index (χ4n) is 1.05. The van der Waals surface area contributed by atoms with Crippen LogP contribution in [0.2, 0.25) is 0 Å². The summed E-state index contributed by atoms with van der Waals surface area (Å²) < 4.78 is 36.8. The number of alkyl halides is 3. The fourth-order valence-corrected chi connectivity index (χ4v) is 1.05. The molecule has 0 N–H and O–H groups in total. The van der Waals surface area contributed by atoms with Gasteiger partial charge in [0.25, 0.3) is 0 Å². The quantitative estimate of drug-likeness (QED) is 0.604. The molecular formula is C7H4F3N3O4. The molecule has 0 aliphatic rings. The molecule has 0 saturated heterocycles. The second kappa shape index (κ2) is 4.23. The SMILES string of the molecule is O=[N+]([O-])N(c1cccc(C(F)(F)F)c1)[N+](=O)[O-]. The average Bonchev–Trinajstić information content (AvgIpc) is 2.15. The number of halogens is 3. The highest BCUT2D eigenvalue weighted by atomic mass is 19.4. The lowest BCUT2D eigenvalue weighted by Gasteiger charge is -2.08. The zero-order valence-corrected chi connectivity index (χ0v) is 7.92. The lowest BCUT2D eigenvalue weighted by Crippen LogP contribution is -2.35. The summed E-state index contributed by atoms with van der Waals surface area (Å²) in [5.74, 6) is 0. The first-order valence-electron chi connectivity index (χ1n) is 3.99. The molecule has 0 atom stereocenters. The van der Waals surface area contributed by atoms with Crippen molar-refractivity contribution in [2.45, 2.75) is 6.18 Å². The van der Waals surface area contributed by atoms with Crippen molar-refractivity contribution < 1.29 is 23.2 Å². The van der Waals surface area contributed by atoms with Gasteiger partial charge in [-0.25, -0.2) is 20.2 Å². The molecule has 0 radical (unpaired) electrons. The molecule has 7 nitrogen and oxygen atoms in total. The van der Waals surface area contributed by atoms with Gasteiger partial charge in [0, 0.05) is 0 Å². The zero-order valence-electron chi connectivity index (χ0n) is 7.92. The maximum Gasteiger partial charge on any atom is 0.416 e. The number of hydrogen-bond donors (Lipinski definition) is 0. The first-order chi connectivity index (χ1) is 7.73. The molecule has 17 heavy (non-hydrogen) atoms. The van der Waals surface area contributed by atoms with Crippen LogP contribution in [0.1, 0.15) is 5.56 Å². The number of hydrazine groups is 2. The number of rotatable bonds is 3. The van der Waals surface area contributed by atoms with Crippen LogP contribution in [0.5, 0.6) is 0 Å². The Balaban J connectivity index is 3.23. The van der Waals surface area contributed by atoms with Crippen LogP contribution in [-0.4, -0.2) is 10.1 Å². The monoisotopic (exact) mass is 251 g/mol. The summed E-state index contributed by atoms with van der Waals surface area (Å²) in [6, 6.07) is 2.66. The van der Waals surface area contributed by atoms with Gasteiger partial charge in [-0.05, 0) is 18.2 Å². The summed E-state index contributed by atoms with van der Waals surface area (Å²) in [5.41, 5.74) is -1.99. The highest BCUT2D eigenvalue weighted by Gasteiger charge is 2.35. The topological polar surface area (TPSA) is 89.5 Å². The van der Waals surface area contributed by atoms with Crippen molar-refractivity contribution in [1.29, 1.82) is 0 Å². The smallest absolute Gasteiger partial charge is 0.230 e. The fraction of sp³-hybridized carbons (Fsp3) is 0.143. The van der Waals surface area contributed by atoms with Crippen molar-refractivity contribution in [3.05, 3.63) is 50.1 Å². The van der Waals surface area contributed by atoms with Gasteiger partial charge in [-0.15, -0.1) is 0 Å². The minimum absolute atomic E-state index is 0.325. The normalized spacial score (nSPS) is 11.0. The average molecular weight is 251 g/mol. The van der Waals surface area contributed by atoms with Crippen LogP contribution in [0.3, 0.4) is 0 Å². The highest BCUT2D eigenvalue weighted by Crippen LogP contribution is 2.31. The van der Waals surface area contributed by atoms with Crippen molar-refractivity contribution in [3.63, 3.8) is 0 Å². The van der Waals surface area contributed by atoms with E-state index < -0.39 is 32.6 Å². The van der Waals surface area contributed by atoms with E-state index in [0.29, 0.717) is 12.1 Å². The third-order valence-corrected chi connectivity index (χ3v) is 1.71. The molecule has 10 heteroatoms. The van der Waals surface area contributed by atoms with E-state index in [1.807, 2.05) is 0 Å². The zero-order chi connectivity index (χ0) is 13.2. The lowest BCUT2D eigenvalue weighted by molar-refractivity contribution is -0.711. The van der Waals surface area contributed by atoms with E-state index in [-0.39, 0.29) is 0 Å². The molecule has 92 valence electrons. The van der Waals surface area contributed by atoms with Gasteiger partial charge in [0.05, 0.1) is 5.56 Å². The Morgan fingerprint density at radius 2 is 1.65 bits per heavy atom. The number of anilines is 1. The number of hydrogen-bond acceptors (Lipinski definition) is 4. The molecule has 0 bridgehead atoms. The van der Waals surface area contributed by atoms with Crippen molar-refractivity contribution >= 4 is 5.69 Å². The Labute approximate surface area is 91.3 Å². The van der Waals surface area contributed by atoms with E-state index >= 15 is 0 Å². The van der Waals surface area contributed by atoms with Crippen molar-refractivity contribution in [2.24, 2.45) is 0 Å². The minimum Gasteiger partial charge on any atom is -0.230 e. The molecule has 0 aliphatic heterocycles. The Bertz CT molecular complexity index is 448. The number of benzene rings is 1. The summed E-state index contributed by atoms with van der Waals surface area (Å²) in [6.07, 6.45) is -4.73. The molecule has 1 aromatic rings. The second-order valence-electron chi connectivity index (χ2n) is 2.81. The van der Waals surface area contributed by atoms with Crippen LogP contribution < -0.4 is 5.12 Å². The summed E-state index contributed by atoms with van der Waals surface area (Å²) in [4.78, 5) is 20.6. The Morgan fingerprint density at radius 3 is 2.06 bits per heavy atom. The molecule has 0 heterocycles. The highest BCUT2D eigenvalue weighted by molar-refractivity contribution is 5.44. The predicted molar refractivity (Wildman–Crippen MR) is 47.9 cm³/mol. The molecule has 1 aromatic carbocycles. The summed E-state index contributed by atoms with van der Waals surface area (Å²) >= 11 is 0. The third-order valence-electron chi connectivity index (χ3n) is 1.71. The molecule has 0 unspecified atom stereocenters. The Kier molecular flexibility index (Phi) is 3.16. The molecule has 1 rings (SSSR count). The lowest BCUT2D eigenvalue weighted by atomic mass is 10.2. The number of nitrogens with zero attached hydrogens (tertiary/aromatic N) is 3. The molecular weight excluding hydrogens is 247 g/mol. The van der Waals surface area contributed by atoms with Gasteiger partial charge < -0.3 is 0 Å². The molecule has 0 aliphatic carbocycles. The van der Waals surface area contributed by atoms with Gasteiger partial charge in [0.15, 0.2) is 10.8 Å². The van der Waals surface area contributed by atoms with E-state index in [9.17, 15) is 33.4 Å². The maximum atomic E-state index is 12.3. The van der Waals surface area contributed by atoms with Gasteiger partial charge in [-0.1, -0.05) is 6.07 Å². The molecule has 0 aromatic heterocycles. The van der Waals surface area contributed by atoms with Crippen LogP contribution in [-0.2, 0) is 6.18 Å². The largest absolute Gasteiger partial charge is 0.416 e. The minimum atomic E-state index is -4.73. The van der Waals surface area contributed by atoms with Crippen molar-refractivity contribution in [3.8, 4) is 0 Å². The summed E-state index contributed by atoms with van der Waals surface area (Å²) in [5, 5.41) is 17.2. The molecule has 0 spiro atoms. The van der Waals surface area contributed by atoms with Gasteiger partial charge in [-0.3, -0.25) is 0 Å². The van der Waals surface area contributed by atoms with E-state index in [1.165, 1.54) is 0 Å². The number of nitro groups is 2. The predicted octanol–water partition coefficient (Wildman–Crippen LogP) is 1.90. The van der Waals surface area contributed by atoms with Crippen LogP contribution in [0.15, 0.2) is 24.3 Å². The van der Waals surface area contributed by atoms with Gasteiger partial charge in [0.2, 0.25) is 10.1 Å². The van der Waals surface area contributed by atoms with Gasteiger partial charge in [-0.2, -0.15) is 13.2 Å². The second-order valence-corrected chi connectivity index (χ2v) is 2.81.